The molecule has 1 heterocycles. The number of rotatable bonds is 3. The fraction of sp³-hybridized carbons (Fsp3) is 0.385. The van der Waals surface area contributed by atoms with Gasteiger partial charge in [0, 0.05) is 19.6 Å². The SMILES string of the molecule is O=C(O)C1CN(C(=O)Cc2cccc(F)c2)CCN1. The van der Waals surface area contributed by atoms with Crippen molar-refractivity contribution in [3.05, 3.63) is 35.6 Å². The molecule has 1 aromatic carbocycles. The quantitative estimate of drug-likeness (QED) is 0.823. The molecule has 2 N–H and O–H groups in total. The highest BCUT2D eigenvalue weighted by atomic mass is 19.1. The van der Waals surface area contributed by atoms with Gasteiger partial charge in [-0.25, -0.2) is 4.39 Å². The van der Waals surface area contributed by atoms with Crippen LogP contribution in [0.2, 0.25) is 0 Å². The first kappa shape index (κ1) is 13.5. The van der Waals surface area contributed by atoms with Crippen LogP contribution in [0.5, 0.6) is 0 Å². The fourth-order valence-corrected chi connectivity index (χ4v) is 2.08. The molecule has 6 heteroatoms. The lowest BCUT2D eigenvalue weighted by Gasteiger charge is -2.31. The predicted molar refractivity (Wildman–Crippen MR) is 66.1 cm³/mol. The van der Waals surface area contributed by atoms with Gasteiger partial charge in [-0.15, -0.1) is 0 Å². The van der Waals surface area contributed by atoms with Crippen LogP contribution in [0, 0.1) is 5.82 Å². The molecule has 0 bridgehead atoms. The maximum atomic E-state index is 13.0. The molecule has 1 aliphatic heterocycles. The second-order valence-corrected chi connectivity index (χ2v) is 4.49. The van der Waals surface area contributed by atoms with E-state index in [0.29, 0.717) is 18.7 Å². The van der Waals surface area contributed by atoms with Crippen LogP contribution in [0.3, 0.4) is 0 Å². The highest BCUT2D eigenvalue weighted by Crippen LogP contribution is 2.08. The number of benzene rings is 1. The van der Waals surface area contributed by atoms with Gasteiger partial charge in [-0.05, 0) is 17.7 Å². The molecule has 1 amide bonds. The first-order valence-electron chi connectivity index (χ1n) is 6.04. The van der Waals surface area contributed by atoms with Crippen molar-refractivity contribution in [1.29, 1.82) is 0 Å². The minimum atomic E-state index is -0.969. The van der Waals surface area contributed by atoms with Crippen molar-refractivity contribution in [2.75, 3.05) is 19.6 Å². The summed E-state index contributed by atoms with van der Waals surface area (Å²) in [6.07, 6.45) is 0.0874. The molecule has 102 valence electrons. The number of carboxylic acids is 1. The van der Waals surface area contributed by atoms with E-state index in [2.05, 4.69) is 5.32 Å². The highest BCUT2D eigenvalue weighted by molar-refractivity contribution is 5.81. The molecule has 1 aliphatic rings. The monoisotopic (exact) mass is 266 g/mol. The molecule has 19 heavy (non-hydrogen) atoms. The summed E-state index contributed by atoms with van der Waals surface area (Å²) >= 11 is 0. The Hall–Kier alpha value is -1.95. The number of aliphatic carboxylic acids is 1. The molecule has 0 aromatic heterocycles. The standard InChI is InChI=1S/C13H15FN2O3/c14-10-3-1-2-9(6-10)7-12(17)16-5-4-15-11(8-16)13(18)19/h1-3,6,11,15H,4-5,7-8H2,(H,18,19). The number of carbonyl (C=O) groups is 2. The molecule has 1 atom stereocenters. The van der Waals surface area contributed by atoms with Gasteiger partial charge in [-0.2, -0.15) is 0 Å². The average molecular weight is 266 g/mol. The first-order chi connectivity index (χ1) is 9.06. The van der Waals surface area contributed by atoms with Crippen LogP contribution < -0.4 is 5.32 Å². The third-order valence-electron chi connectivity index (χ3n) is 3.07. The van der Waals surface area contributed by atoms with Crippen LogP contribution >= 0.6 is 0 Å². The van der Waals surface area contributed by atoms with Crippen molar-refractivity contribution in [2.45, 2.75) is 12.5 Å². The molecule has 1 fully saturated rings. The molecule has 0 aliphatic carbocycles. The van der Waals surface area contributed by atoms with Gasteiger partial charge < -0.3 is 15.3 Å². The van der Waals surface area contributed by atoms with E-state index >= 15 is 0 Å². The lowest BCUT2D eigenvalue weighted by molar-refractivity contribution is -0.142. The van der Waals surface area contributed by atoms with Gasteiger partial charge in [0.2, 0.25) is 5.91 Å². The number of carbonyl (C=O) groups excluding carboxylic acids is 1. The van der Waals surface area contributed by atoms with Crippen LogP contribution in [-0.4, -0.2) is 47.6 Å². The Morgan fingerprint density at radius 1 is 1.47 bits per heavy atom. The van der Waals surface area contributed by atoms with Gasteiger partial charge in [-0.3, -0.25) is 9.59 Å². The van der Waals surface area contributed by atoms with Gasteiger partial charge in [-0.1, -0.05) is 12.1 Å². The number of piperazine rings is 1. The first-order valence-corrected chi connectivity index (χ1v) is 6.04. The summed E-state index contributed by atoms with van der Waals surface area (Å²) in [5.41, 5.74) is 0.593. The van der Waals surface area contributed by atoms with E-state index in [4.69, 9.17) is 5.11 Å². The molecular formula is C13H15FN2O3. The zero-order valence-electron chi connectivity index (χ0n) is 10.3. The number of halogens is 1. The van der Waals surface area contributed by atoms with Crippen molar-refractivity contribution in [1.82, 2.24) is 10.2 Å². The van der Waals surface area contributed by atoms with Crippen molar-refractivity contribution >= 4 is 11.9 Å². The van der Waals surface area contributed by atoms with Gasteiger partial charge in [0.15, 0.2) is 0 Å². The van der Waals surface area contributed by atoms with E-state index in [1.807, 2.05) is 0 Å². The molecule has 2 rings (SSSR count). The predicted octanol–water partition coefficient (Wildman–Crippen LogP) is 0.253. The minimum Gasteiger partial charge on any atom is -0.480 e. The smallest absolute Gasteiger partial charge is 0.322 e. The molecule has 0 radical (unpaired) electrons. The zero-order chi connectivity index (χ0) is 13.8. The number of amides is 1. The Balaban J connectivity index is 1.98. The Labute approximate surface area is 110 Å². The normalized spacial score (nSPS) is 19.2. The molecular weight excluding hydrogens is 251 g/mol. The minimum absolute atomic E-state index is 0.0874. The molecule has 1 saturated heterocycles. The van der Waals surface area contributed by atoms with E-state index in [1.165, 1.54) is 17.0 Å². The highest BCUT2D eigenvalue weighted by Gasteiger charge is 2.27. The van der Waals surface area contributed by atoms with Crippen LogP contribution in [0.25, 0.3) is 0 Å². The van der Waals surface area contributed by atoms with Crippen molar-refractivity contribution in [2.24, 2.45) is 0 Å². The van der Waals surface area contributed by atoms with Crippen LogP contribution in [0.4, 0.5) is 4.39 Å². The van der Waals surface area contributed by atoms with Gasteiger partial charge in [0.1, 0.15) is 11.9 Å². The number of nitrogens with one attached hydrogen (secondary N) is 1. The number of nitrogens with zero attached hydrogens (tertiary/aromatic N) is 1. The summed E-state index contributed by atoms with van der Waals surface area (Å²) in [4.78, 5) is 24.4. The van der Waals surface area contributed by atoms with Crippen LogP contribution in [-0.2, 0) is 16.0 Å². The maximum absolute atomic E-state index is 13.0. The van der Waals surface area contributed by atoms with Crippen LogP contribution in [0.1, 0.15) is 5.56 Å². The summed E-state index contributed by atoms with van der Waals surface area (Å²) in [5.74, 6) is -1.53. The summed E-state index contributed by atoms with van der Waals surface area (Å²) in [7, 11) is 0. The Kier molecular flexibility index (Phi) is 4.11. The maximum Gasteiger partial charge on any atom is 0.322 e. The average Bonchev–Trinajstić information content (AvgIpc) is 2.39. The van der Waals surface area contributed by atoms with E-state index in [1.54, 1.807) is 12.1 Å². The lowest BCUT2D eigenvalue weighted by atomic mass is 10.1. The lowest BCUT2D eigenvalue weighted by Crippen LogP contribution is -2.56. The Bertz CT molecular complexity index is 493. The summed E-state index contributed by atoms with van der Waals surface area (Å²) < 4.78 is 13.0. The second-order valence-electron chi connectivity index (χ2n) is 4.49. The fourth-order valence-electron chi connectivity index (χ4n) is 2.08. The zero-order valence-corrected chi connectivity index (χ0v) is 10.3. The van der Waals surface area contributed by atoms with E-state index in [0.717, 1.165) is 0 Å². The third kappa shape index (κ3) is 3.51. The molecule has 0 saturated carbocycles. The van der Waals surface area contributed by atoms with Crippen LogP contribution in [0.15, 0.2) is 24.3 Å². The molecule has 0 spiro atoms. The Morgan fingerprint density at radius 3 is 2.95 bits per heavy atom. The summed E-state index contributed by atoms with van der Waals surface area (Å²) in [5, 5.41) is 11.7. The molecule has 5 nitrogen and oxygen atoms in total. The van der Waals surface area contributed by atoms with Crippen molar-refractivity contribution < 1.29 is 19.1 Å². The van der Waals surface area contributed by atoms with Crippen molar-refractivity contribution in [3.8, 4) is 0 Å². The molecule has 1 unspecified atom stereocenters. The largest absolute Gasteiger partial charge is 0.480 e. The summed E-state index contributed by atoms with van der Waals surface area (Å²) in [6, 6.07) is 5.13. The van der Waals surface area contributed by atoms with E-state index < -0.39 is 12.0 Å². The van der Waals surface area contributed by atoms with Crippen molar-refractivity contribution in [3.63, 3.8) is 0 Å². The topological polar surface area (TPSA) is 69.6 Å². The third-order valence-corrected chi connectivity index (χ3v) is 3.07. The van der Waals surface area contributed by atoms with Gasteiger partial charge >= 0.3 is 5.97 Å². The number of carboxylic acid groups (broad SMARTS) is 1. The molecule has 1 aromatic rings. The number of hydrogen-bond donors (Lipinski definition) is 2. The second kappa shape index (κ2) is 5.79. The van der Waals surface area contributed by atoms with Gasteiger partial charge in [0.05, 0.1) is 6.42 Å². The van der Waals surface area contributed by atoms with Gasteiger partial charge in [0.25, 0.3) is 0 Å². The summed E-state index contributed by atoms with van der Waals surface area (Å²) in [6.45, 7) is 1.06. The van der Waals surface area contributed by atoms with E-state index in [9.17, 15) is 14.0 Å². The van der Waals surface area contributed by atoms with E-state index in [-0.39, 0.29) is 24.7 Å². The Morgan fingerprint density at radius 2 is 2.26 bits per heavy atom. The number of hydrogen-bond acceptors (Lipinski definition) is 3.